The van der Waals surface area contributed by atoms with Gasteiger partial charge in [-0.2, -0.15) is 0 Å². The highest BCUT2D eigenvalue weighted by molar-refractivity contribution is 9.10. The number of rotatable bonds is 8. The Bertz CT molecular complexity index is 924. The molecule has 1 aromatic carbocycles. The van der Waals surface area contributed by atoms with Crippen molar-refractivity contribution in [1.82, 2.24) is 0 Å². The van der Waals surface area contributed by atoms with E-state index in [9.17, 15) is 14.4 Å². The van der Waals surface area contributed by atoms with Crippen LogP contribution in [0.1, 0.15) is 45.0 Å². The number of carbonyl (C=O) groups is 3. The molecule has 1 N–H and O–H groups in total. The monoisotopic (exact) mass is 483 g/mol. The zero-order chi connectivity index (χ0) is 21.6. The predicted molar refractivity (Wildman–Crippen MR) is 114 cm³/mol. The molecule has 2 rings (SSSR count). The Morgan fingerprint density at radius 1 is 1.07 bits per heavy atom. The Balaban J connectivity index is 2.20. The molecule has 0 saturated carbocycles. The number of anilines is 1. The molecule has 156 valence electrons. The average Bonchev–Trinajstić information content (AvgIpc) is 2.97. The summed E-state index contributed by atoms with van der Waals surface area (Å²) in [6.07, 6.45) is 0. The van der Waals surface area contributed by atoms with Crippen LogP contribution in [0.15, 0.2) is 22.7 Å². The molecule has 2 aromatic rings. The second-order valence-corrected chi connectivity index (χ2v) is 7.85. The summed E-state index contributed by atoms with van der Waals surface area (Å²) in [5, 5.41) is 2.86. The summed E-state index contributed by atoms with van der Waals surface area (Å²) < 4.78 is 16.4. The first-order valence-electron chi connectivity index (χ1n) is 8.94. The van der Waals surface area contributed by atoms with Crippen molar-refractivity contribution in [1.29, 1.82) is 0 Å². The van der Waals surface area contributed by atoms with Crippen molar-refractivity contribution in [3.05, 3.63) is 44.2 Å². The van der Waals surface area contributed by atoms with E-state index in [0.717, 1.165) is 21.4 Å². The van der Waals surface area contributed by atoms with E-state index in [-0.39, 0.29) is 35.3 Å². The first kappa shape index (κ1) is 22.9. The molecule has 1 heterocycles. The van der Waals surface area contributed by atoms with Crippen molar-refractivity contribution >= 4 is 50.1 Å². The SMILES string of the molecule is CCOC(=O)c1sc(NC(=O)COc2ccc(C)cc2Br)c(C(=O)OCC)c1C. The van der Waals surface area contributed by atoms with Gasteiger partial charge in [-0.25, -0.2) is 9.59 Å². The van der Waals surface area contributed by atoms with Crippen molar-refractivity contribution in [3.63, 3.8) is 0 Å². The van der Waals surface area contributed by atoms with Gasteiger partial charge < -0.3 is 19.5 Å². The number of amides is 1. The highest BCUT2D eigenvalue weighted by Gasteiger charge is 2.27. The molecule has 0 aliphatic heterocycles. The van der Waals surface area contributed by atoms with Crippen molar-refractivity contribution in [2.75, 3.05) is 25.1 Å². The Morgan fingerprint density at radius 3 is 2.34 bits per heavy atom. The number of carbonyl (C=O) groups excluding carboxylic acids is 3. The lowest BCUT2D eigenvalue weighted by molar-refractivity contribution is -0.118. The predicted octanol–water partition coefficient (Wildman–Crippen LogP) is 4.50. The molecule has 9 heteroatoms. The largest absolute Gasteiger partial charge is 0.483 e. The van der Waals surface area contributed by atoms with Crippen LogP contribution in [0.3, 0.4) is 0 Å². The molecule has 0 fully saturated rings. The average molecular weight is 484 g/mol. The standard InChI is InChI=1S/C20H22BrNO6S/c1-5-26-19(24)16-12(4)17(20(25)27-6-2)29-18(16)22-15(23)10-28-14-8-7-11(3)9-13(14)21/h7-9H,5-6,10H2,1-4H3,(H,22,23). The summed E-state index contributed by atoms with van der Waals surface area (Å²) in [4.78, 5) is 37.2. The van der Waals surface area contributed by atoms with Gasteiger partial charge in [0.25, 0.3) is 5.91 Å². The number of thiophene rings is 1. The number of nitrogens with one attached hydrogen (secondary N) is 1. The van der Waals surface area contributed by atoms with Gasteiger partial charge >= 0.3 is 11.9 Å². The van der Waals surface area contributed by atoms with Crippen LogP contribution in [0.25, 0.3) is 0 Å². The van der Waals surface area contributed by atoms with Crippen molar-refractivity contribution in [2.45, 2.75) is 27.7 Å². The van der Waals surface area contributed by atoms with Crippen LogP contribution in [-0.2, 0) is 14.3 Å². The molecule has 0 unspecified atom stereocenters. The minimum absolute atomic E-state index is 0.143. The third kappa shape index (κ3) is 5.80. The van der Waals surface area contributed by atoms with E-state index in [4.69, 9.17) is 14.2 Å². The van der Waals surface area contributed by atoms with Gasteiger partial charge in [-0.3, -0.25) is 4.79 Å². The van der Waals surface area contributed by atoms with Crippen LogP contribution in [-0.4, -0.2) is 37.7 Å². The highest BCUT2D eigenvalue weighted by Crippen LogP contribution is 2.34. The molecule has 0 bridgehead atoms. The maximum atomic E-state index is 12.4. The Hall–Kier alpha value is -2.39. The van der Waals surface area contributed by atoms with E-state index >= 15 is 0 Å². The summed E-state index contributed by atoms with van der Waals surface area (Å²) in [6, 6.07) is 5.50. The molecule has 0 aliphatic carbocycles. The van der Waals surface area contributed by atoms with E-state index < -0.39 is 17.8 Å². The zero-order valence-electron chi connectivity index (χ0n) is 16.6. The number of hydrogen-bond donors (Lipinski definition) is 1. The van der Waals surface area contributed by atoms with E-state index in [1.54, 1.807) is 26.8 Å². The van der Waals surface area contributed by atoms with Crippen LogP contribution >= 0.6 is 27.3 Å². The first-order chi connectivity index (χ1) is 13.8. The first-order valence-corrected chi connectivity index (χ1v) is 10.6. The summed E-state index contributed by atoms with van der Waals surface area (Å²) in [5.41, 5.74) is 1.60. The molecule has 0 aliphatic rings. The second-order valence-electron chi connectivity index (χ2n) is 5.97. The van der Waals surface area contributed by atoms with Gasteiger partial charge in [-0.15, -0.1) is 11.3 Å². The molecule has 0 spiro atoms. The molecule has 0 radical (unpaired) electrons. The lowest BCUT2D eigenvalue weighted by atomic mass is 10.1. The lowest BCUT2D eigenvalue weighted by Gasteiger charge is -2.10. The summed E-state index contributed by atoms with van der Waals surface area (Å²) in [6.45, 7) is 7.03. The third-order valence-electron chi connectivity index (χ3n) is 3.79. The van der Waals surface area contributed by atoms with E-state index in [1.165, 1.54) is 0 Å². The van der Waals surface area contributed by atoms with Crippen LogP contribution in [0.4, 0.5) is 5.00 Å². The molecule has 29 heavy (non-hydrogen) atoms. The molecule has 0 atom stereocenters. The maximum absolute atomic E-state index is 12.4. The van der Waals surface area contributed by atoms with E-state index in [1.807, 2.05) is 19.1 Å². The van der Waals surface area contributed by atoms with Crippen LogP contribution in [0.5, 0.6) is 5.75 Å². The van der Waals surface area contributed by atoms with Gasteiger partial charge in [-0.1, -0.05) is 6.07 Å². The van der Waals surface area contributed by atoms with Gasteiger partial charge in [0, 0.05) is 0 Å². The maximum Gasteiger partial charge on any atom is 0.348 e. The van der Waals surface area contributed by atoms with Gasteiger partial charge in [0.2, 0.25) is 0 Å². The number of esters is 2. The van der Waals surface area contributed by atoms with Crippen LogP contribution in [0, 0.1) is 13.8 Å². The van der Waals surface area contributed by atoms with Crippen molar-refractivity contribution in [3.8, 4) is 5.75 Å². The quantitative estimate of drug-likeness (QED) is 0.555. The van der Waals surface area contributed by atoms with Crippen LogP contribution < -0.4 is 10.1 Å². The zero-order valence-corrected chi connectivity index (χ0v) is 19.0. The van der Waals surface area contributed by atoms with E-state index in [0.29, 0.717) is 11.3 Å². The number of aryl methyl sites for hydroxylation is 1. The topological polar surface area (TPSA) is 90.9 Å². The molecule has 1 amide bonds. The van der Waals surface area contributed by atoms with E-state index in [2.05, 4.69) is 21.2 Å². The van der Waals surface area contributed by atoms with Crippen molar-refractivity contribution in [2.24, 2.45) is 0 Å². The summed E-state index contributed by atoms with van der Waals surface area (Å²) in [7, 11) is 0. The minimum Gasteiger partial charge on any atom is -0.483 e. The number of halogens is 1. The second kappa shape index (κ2) is 10.4. The number of benzene rings is 1. The van der Waals surface area contributed by atoms with Gasteiger partial charge in [0.15, 0.2) is 6.61 Å². The molecular formula is C20H22BrNO6S. The Labute approximate surface area is 181 Å². The Morgan fingerprint density at radius 2 is 1.72 bits per heavy atom. The Kier molecular flexibility index (Phi) is 8.21. The number of ether oxygens (including phenoxy) is 3. The highest BCUT2D eigenvalue weighted by atomic mass is 79.9. The number of hydrogen-bond acceptors (Lipinski definition) is 7. The minimum atomic E-state index is -0.616. The summed E-state index contributed by atoms with van der Waals surface area (Å²) in [5.74, 6) is -1.12. The fourth-order valence-electron chi connectivity index (χ4n) is 2.47. The molecular weight excluding hydrogens is 462 g/mol. The fourth-order valence-corrected chi connectivity index (χ4v) is 4.18. The molecule has 7 nitrogen and oxygen atoms in total. The molecule has 0 saturated heterocycles. The fraction of sp³-hybridized carbons (Fsp3) is 0.350. The van der Waals surface area contributed by atoms with Crippen LogP contribution in [0.2, 0.25) is 0 Å². The smallest absolute Gasteiger partial charge is 0.348 e. The normalized spacial score (nSPS) is 10.4. The molecule has 1 aromatic heterocycles. The van der Waals surface area contributed by atoms with Gasteiger partial charge in [0.05, 0.1) is 23.2 Å². The van der Waals surface area contributed by atoms with Gasteiger partial charge in [-0.05, 0) is 66.9 Å². The van der Waals surface area contributed by atoms with Gasteiger partial charge in [0.1, 0.15) is 15.6 Å². The summed E-state index contributed by atoms with van der Waals surface area (Å²) >= 11 is 4.36. The van der Waals surface area contributed by atoms with Crippen molar-refractivity contribution < 1.29 is 28.6 Å². The third-order valence-corrected chi connectivity index (χ3v) is 5.59. The lowest BCUT2D eigenvalue weighted by Crippen LogP contribution is -2.21.